The molecule has 0 aliphatic carbocycles. The van der Waals surface area contributed by atoms with Crippen LogP contribution in [-0.2, 0) is 10.5 Å². The number of ether oxygens (including phenoxy) is 1. The molecule has 2 aliphatic heterocycles. The number of hydrazone groups is 1. The first-order valence-corrected chi connectivity index (χ1v) is 10.3. The summed E-state index contributed by atoms with van der Waals surface area (Å²) < 4.78 is 6.09. The van der Waals surface area contributed by atoms with Crippen molar-refractivity contribution in [3.63, 3.8) is 0 Å². The van der Waals surface area contributed by atoms with Gasteiger partial charge in [0.05, 0.1) is 12.7 Å². The van der Waals surface area contributed by atoms with E-state index in [0.29, 0.717) is 16.5 Å². The van der Waals surface area contributed by atoms with Gasteiger partial charge in [-0.3, -0.25) is 10.2 Å². The number of fused-ring (bicyclic) bond motifs is 1. The molecule has 140 valence electrons. The van der Waals surface area contributed by atoms with Gasteiger partial charge in [-0.05, 0) is 29.5 Å². The molecular formula is C20H16N4O2S2. The van der Waals surface area contributed by atoms with E-state index in [-0.39, 0.29) is 11.4 Å². The van der Waals surface area contributed by atoms with E-state index >= 15 is 0 Å². The van der Waals surface area contributed by atoms with E-state index in [1.807, 2.05) is 36.4 Å². The monoisotopic (exact) mass is 408 g/mol. The summed E-state index contributed by atoms with van der Waals surface area (Å²) in [5.74, 6) is 0.963. The predicted molar refractivity (Wildman–Crippen MR) is 116 cm³/mol. The molecule has 2 aromatic rings. The molecule has 0 saturated carbocycles. The van der Waals surface area contributed by atoms with E-state index in [9.17, 15) is 4.79 Å². The van der Waals surface area contributed by atoms with Gasteiger partial charge >= 0.3 is 0 Å². The van der Waals surface area contributed by atoms with Gasteiger partial charge in [-0.25, -0.2) is 0 Å². The van der Waals surface area contributed by atoms with Crippen LogP contribution in [0.4, 0.5) is 0 Å². The quantitative estimate of drug-likeness (QED) is 0.767. The van der Waals surface area contributed by atoms with Crippen LogP contribution in [0.2, 0.25) is 0 Å². The average molecular weight is 409 g/mol. The Kier molecular flexibility index (Phi) is 5.31. The molecule has 6 nitrogen and oxygen atoms in total. The second-order valence-corrected chi connectivity index (χ2v) is 8.08. The molecule has 28 heavy (non-hydrogen) atoms. The maximum Gasteiger partial charge on any atom is 0.283 e. The van der Waals surface area contributed by atoms with Crippen LogP contribution >= 0.6 is 23.5 Å². The Balaban J connectivity index is 1.56. The molecule has 0 fully saturated rings. The van der Waals surface area contributed by atoms with E-state index in [2.05, 4.69) is 22.2 Å². The first kappa shape index (κ1) is 18.5. The number of rotatable bonds is 4. The number of methoxy groups -OCH3 is 1. The molecule has 1 N–H and O–H groups in total. The zero-order valence-corrected chi connectivity index (χ0v) is 16.6. The fourth-order valence-electron chi connectivity index (χ4n) is 2.69. The van der Waals surface area contributed by atoms with Gasteiger partial charge in [0.2, 0.25) is 5.17 Å². The molecule has 0 aromatic heterocycles. The van der Waals surface area contributed by atoms with E-state index in [4.69, 9.17) is 10.1 Å². The number of carbonyl (C=O) groups excluding carboxylic acids is 1. The number of nitrogens with zero attached hydrogens (tertiary/aromatic N) is 3. The highest BCUT2D eigenvalue weighted by molar-refractivity contribution is 8.45. The highest BCUT2D eigenvalue weighted by Gasteiger charge is 2.35. The van der Waals surface area contributed by atoms with Crippen molar-refractivity contribution < 1.29 is 9.53 Å². The molecular weight excluding hydrogens is 392 g/mol. The number of para-hydroxylation sites is 1. The van der Waals surface area contributed by atoms with Gasteiger partial charge in [0.25, 0.3) is 5.91 Å². The molecule has 0 unspecified atom stereocenters. The fourth-order valence-corrected chi connectivity index (χ4v) is 4.58. The summed E-state index contributed by atoms with van der Waals surface area (Å²) in [6.45, 7) is 0. The number of amides is 1. The van der Waals surface area contributed by atoms with Crippen molar-refractivity contribution in [1.29, 1.82) is 5.41 Å². The van der Waals surface area contributed by atoms with Gasteiger partial charge in [-0.15, -0.1) is 5.10 Å². The lowest BCUT2D eigenvalue weighted by atomic mass is 10.1. The smallest absolute Gasteiger partial charge is 0.283 e. The Morgan fingerprint density at radius 2 is 1.93 bits per heavy atom. The van der Waals surface area contributed by atoms with Crippen molar-refractivity contribution in [3.8, 4) is 5.75 Å². The van der Waals surface area contributed by atoms with Crippen LogP contribution in [0.3, 0.4) is 0 Å². The van der Waals surface area contributed by atoms with Crippen LogP contribution < -0.4 is 4.74 Å². The van der Waals surface area contributed by atoms with E-state index in [1.54, 1.807) is 31.0 Å². The Hall–Kier alpha value is -2.84. The molecule has 2 heterocycles. The second kappa shape index (κ2) is 8.04. The number of hydrogen-bond donors (Lipinski definition) is 1. The van der Waals surface area contributed by atoms with Crippen LogP contribution in [0.25, 0.3) is 6.08 Å². The third-order valence-corrected chi connectivity index (χ3v) is 6.19. The molecule has 0 radical (unpaired) electrons. The second-order valence-electron chi connectivity index (χ2n) is 5.90. The SMILES string of the molecule is COc1ccccc1/C=C1/C(=N)N2N=C(SCc3ccccc3)SC2=NC1=O. The van der Waals surface area contributed by atoms with Crippen LogP contribution in [0.5, 0.6) is 5.75 Å². The maximum atomic E-state index is 12.5. The largest absolute Gasteiger partial charge is 0.496 e. The number of amidine groups is 2. The summed E-state index contributed by atoms with van der Waals surface area (Å²) >= 11 is 2.87. The van der Waals surface area contributed by atoms with Crippen molar-refractivity contribution >= 4 is 50.9 Å². The highest BCUT2D eigenvalue weighted by atomic mass is 32.2. The lowest BCUT2D eigenvalue weighted by Gasteiger charge is -2.20. The molecule has 2 aliphatic rings. The molecule has 0 saturated heterocycles. The van der Waals surface area contributed by atoms with Crippen molar-refractivity contribution in [1.82, 2.24) is 5.01 Å². The average Bonchev–Trinajstić information content (AvgIpc) is 3.13. The Morgan fingerprint density at radius 1 is 1.18 bits per heavy atom. The Labute approximate surface area is 170 Å². The first-order valence-electron chi connectivity index (χ1n) is 8.45. The number of aliphatic imine (C=N–C) groups is 1. The number of benzene rings is 2. The summed E-state index contributed by atoms with van der Waals surface area (Å²) in [7, 11) is 1.57. The Bertz CT molecular complexity index is 1030. The van der Waals surface area contributed by atoms with E-state index in [1.165, 1.54) is 22.3 Å². The summed E-state index contributed by atoms with van der Waals surface area (Å²) in [5, 5.41) is 14.8. The van der Waals surface area contributed by atoms with Crippen molar-refractivity contribution in [2.24, 2.45) is 10.1 Å². The molecule has 0 atom stereocenters. The normalized spacial score (nSPS) is 17.5. The van der Waals surface area contributed by atoms with Gasteiger partial charge in [-0.2, -0.15) is 10.0 Å². The van der Waals surface area contributed by atoms with Crippen LogP contribution in [0.1, 0.15) is 11.1 Å². The highest BCUT2D eigenvalue weighted by Crippen LogP contribution is 2.34. The lowest BCUT2D eigenvalue weighted by molar-refractivity contribution is -0.114. The topological polar surface area (TPSA) is 78.1 Å². The van der Waals surface area contributed by atoms with Gasteiger partial charge in [0.15, 0.2) is 10.2 Å². The molecule has 2 aromatic carbocycles. The third kappa shape index (κ3) is 3.74. The number of thioether (sulfide) groups is 2. The van der Waals surface area contributed by atoms with Crippen molar-refractivity contribution in [2.45, 2.75) is 5.75 Å². The molecule has 4 rings (SSSR count). The molecule has 1 amide bonds. The van der Waals surface area contributed by atoms with Gasteiger partial charge in [-0.1, -0.05) is 60.3 Å². The zero-order chi connectivity index (χ0) is 19.5. The fraction of sp³-hybridized carbons (Fsp3) is 0.100. The Morgan fingerprint density at radius 3 is 2.71 bits per heavy atom. The molecule has 0 spiro atoms. The zero-order valence-electron chi connectivity index (χ0n) is 15.0. The summed E-state index contributed by atoms with van der Waals surface area (Å²) in [6.07, 6.45) is 1.62. The van der Waals surface area contributed by atoms with Crippen LogP contribution in [0.15, 0.2) is 70.3 Å². The van der Waals surface area contributed by atoms with E-state index in [0.717, 1.165) is 10.1 Å². The number of nitrogens with one attached hydrogen (secondary N) is 1. The summed E-state index contributed by atoms with van der Waals surface area (Å²) in [6, 6.07) is 17.4. The number of carbonyl (C=O) groups is 1. The minimum atomic E-state index is -0.445. The summed E-state index contributed by atoms with van der Waals surface area (Å²) in [5.41, 5.74) is 2.09. The lowest BCUT2D eigenvalue weighted by Crippen LogP contribution is -2.35. The third-order valence-electron chi connectivity index (χ3n) is 4.08. The summed E-state index contributed by atoms with van der Waals surface area (Å²) in [4.78, 5) is 16.6. The first-order chi connectivity index (χ1) is 13.7. The van der Waals surface area contributed by atoms with Crippen LogP contribution in [-0.4, -0.2) is 33.4 Å². The molecule has 0 bridgehead atoms. The van der Waals surface area contributed by atoms with Crippen molar-refractivity contribution in [2.75, 3.05) is 7.11 Å². The maximum absolute atomic E-state index is 12.5. The number of hydrogen-bond acceptors (Lipinski definition) is 6. The van der Waals surface area contributed by atoms with Gasteiger partial charge < -0.3 is 4.74 Å². The van der Waals surface area contributed by atoms with Crippen LogP contribution in [0, 0.1) is 5.41 Å². The minimum absolute atomic E-state index is 0.0173. The molecule has 8 heteroatoms. The van der Waals surface area contributed by atoms with Crippen molar-refractivity contribution in [3.05, 3.63) is 71.3 Å². The predicted octanol–water partition coefficient (Wildman–Crippen LogP) is 4.21. The van der Waals surface area contributed by atoms with Gasteiger partial charge in [0, 0.05) is 11.3 Å². The van der Waals surface area contributed by atoms with E-state index < -0.39 is 5.91 Å². The van der Waals surface area contributed by atoms with Gasteiger partial charge in [0.1, 0.15) is 5.75 Å². The minimum Gasteiger partial charge on any atom is -0.496 e. The standard InChI is InChI=1S/C20H16N4O2S2/c1-26-16-10-6-5-9-14(16)11-15-17(21)24-19(22-18(15)25)28-20(23-24)27-12-13-7-3-2-4-8-13/h2-11,21H,12H2,1H3/b15-11-,21-17?.